The number of morpholine rings is 1. The van der Waals surface area contributed by atoms with Crippen LogP contribution in [0.2, 0.25) is 0 Å². The number of carbonyl (C=O) groups is 1. The minimum Gasteiger partial charge on any atom is -0.387 e. The van der Waals surface area contributed by atoms with Crippen LogP contribution in [0.3, 0.4) is 0 Å². The molecular weight excluding hydrogens is 354 g/mol. The van der Waals surface area contributed by atoms with Crippen molar-refractivity contribution in [1.29, 1.82) is 0 Å². The molecule has 0 aliphatic carbocycles. The van der Waals surface area contributed by atoms with E-state index in [4.69, 9.17) is 4.74 Å². The highest BCUT2D eigenvalue weighted by atomic mass is 16.5. The van der Waals surface area contributed by atoms with E-state index in [-0.39, 0.29) is 11.8 Å². The summed E-state index contributed by atoms with van der Waals surface area (Å²) >= 11 is 0. The quantitative estimate of drug-likeness (QED) is 0.882. The van der Waals surface area contributed by atoms with Gasteiger partial charge >= 0.3 is 0 Å². The van der Waals surface area contributed by atoms with Gasteiger partial charge in [0.15, 0.2) is 0 Å². The molecule has 6 heteroatoms. The fraction of sp³-hybridized carbons (Fsp3) is 0.455. The van der Waals surface area contributed by atoms with Crippen LogP contribution in [-0.2, 0) is 4.74 Å². The van der Waals surface area contributed by atoms with Crippen LogP contribution in [-0.4, -0.2) is 60.3 Å². The van der Waals surface area contributed by atoms with Gasteiger partial charge in [-0.2, -0.15) is 0 Å². The van der Waals surface area contributed by atoms with Crippen molar-refractivity contribution >= 4 is 11.6 Å². The van der Waals surface area contributed by atoms with Crippen molar-refractivity contribution < 1.29 is 14.6 Å². The maximum Gasteiger partial charge on any atom is 0.253 e. The highest BCUT2D eigenvalue weighted by Crippen LogP contribution is 2.30. The first-order valence-corrected chi connectivity index (χ1v) is 10.0. The average molecular weight is 381 g/mol. The molecule has 28 heavy (non-hydrogen) atoms. The van der Waals surface area contributed by atoms with E-state index in [0.717, 1.165) is 50.4 Å². The number of amides is 1. The Morgan fingerprint density at radius 2 is 1.86 bits per heavy atom. The molecular formula is C22H27N3O3. The molecule has 0 spiro atoms. The monoisotopic (exact) mass is 381 g/mol. The van der Waals surface area contributed by atoms with Gasteiger partial charge in [-0.3, -0.25) is 9.78 Å². The van der Waals surface area contributed by atoms with Crippen LogP contribution in [0.4, 0.5) is 5.69 Å². The fourth-order valence-electron chi connectivity index (χ4n) is 4.05. The second-order valence-electron chi connectivity index (χ2n) is 7.48. The number of aliphatic hydroxyl groups is 1. The number of benzene rings is 1. The van der Waals surface area contributed by atoms with Gasteiger partial charge in [-0.25, -0.2) is 0 Å². The molecule has 1 N–H and O–H groups in total. The van der Waals surface area contributed by atoms with E-state index in [1.54, 1.807) is 6.20 Å². The third-order valence-corrected chi connectivity index (χ3v) is 5.73. The van der Waals surface area contributed by atoms with Gasteiger partial charge in [-0.1, -0.05) is 12.1 Å². The number of anilines is 1. The van der Waals surface area contributed by atoms with Gasteiger partial charge < -0.3 is 19.6 Å². The summed E-state index contributed by atoms with van der Waals surface area (Å²) < 4.78 is 5.41. The van der Waals surface area contributed by atoms with Crippen LogP contribution in [0, 0.1) is 5.92 Å². The van der Waals surface area contributed by atoms with Gasteiger partial charge in [0.25, 0.3) is 5.91 Å². The van der Waals surface area contributed by atoms with Gasteiger partial charge in [0, 0.05) is 43.6 Å². The summed E-state index contributed by atoms with van der Waals surface area (Å²) in [4.78, 5) is 21.4. The summed E-state index contributed by atoms with van der Waals surface area (Å²) in [7, 11) is 0. The van der Waals surface area contributed by atoms with Crippen LogP contribution in [0.15, 0.2) is 48.7 Å². The summed E-state index contributed by atoms with van der Waals surface area (Å²) in [6.45, 7) is 4.49. The van der Waals surface area contributed by atoms with E-state index >= 15 is 0 Å². The Morgan fingerprint density at radius 3 is 2.57 bits per heavy atom. The number of hydrogen-bond acceptors (Lipinski definition) is 5. The van der Waals surface area contributed by atoms with Crippen molar-refractivity contribution in [1.82, 2.24) is 9.88 Å². The lowest BCUT2D eigenvalue weighted by molar-refractivity contribution is 0.0447. The fourth-order valence-corrected chi connectivity index (χ4v) is 4.05. The molecule has 0 bridgehead atoms. The number of likely N-dealkylation sites (tertiary alicyclic amines) is 1. The molecule has 2 aromatic rings. The van der Waals surface area contributed by atoms with Crippen molar-refractivity contribution in [3.63, 3.8) is 0 Å². The van der Waals surface area contributed by atoms with E-state index in [1.807, 2.05) is 41.3 Å². The van der Waals surface area contributed by atoms with Gasteiger partial charge in [-0.05, 0) is 49.1 Å². The first-order valence-electron chi connectivity index (χ1n) is 10.0. The van der Waals surface area contributed by atoms with Crippen LogP contribution in [0.5, 0.6) is 0 Å². The highest BCUT2D eigenvalue weighted by molar-refractivity contribution is 5.95. The van der Waals surface area contributed by atoms with E-state index in [9.17, 15) is 9.90 Å². The minimum atomic E-state index is -0.567. The average Bonchev–Trinajstić information content (AvgIpc) is 2.79. The third-order valence-electron chi connectivity index (χ3n) is 5.73. The predicted octanol–water partition coefficient (Wildman–Crippen LogP) is 2.50. The van der Waals surface area contributed by atoms with Crippen molar-refractivity contribution in [2.45, 2.75) is 18.9 Å². The molecule has 2 saturated heterocycles. The molecule has 148 valence electrons. The molecule has 2 fully saturated rings. The third kappa shape index (κ3) is 4.18. The number of pyridine rings is 1. The molecule has 3 heterocycles. The molecule has 1 atom stereocenters. The van der Waals surface area contributed by atoms with Crippen LogP contribution in [0.1, 0.15) is 35.0 Å². The van der Waals surface area contributed by atoms with E-state index in [2.05, 4.69) is 16.0 Å². The standard InChI is InChI=1S/C22H27N3O3/c26-21(20-6-1-2-9-23-20)17-7-10-25(11-8-17)22(27)18-4-3-5-19(16-18)24-12-14-28-15-13-24/h1-6,9,16-17,21,26H,7-8,10-15H2. The lowest BCUT2D eigenvalue weighted by Gasteiger charge is -2.34. The number of nitrogens with zero attached hydrogens (tertiary/aromatic N) is 3. The minimum absolute atomic E-state index is 0.0703. The first kappa shape index (κ1) is 18.9. The predicted molar refractivity (Wildman–Crippen MR) is 107 cm³/mol. The van der Waals surface area contributed by atoms with Crippen molar-refractivity contribution in [2.24, 2.45) is 5.92 Å². The molecule has 0 saturated carbocycles. The summed E-state index contributed by atoms with van der Waals surface area (Å²) in [5.41, 5.74) is 2.52. The van der Waals surface area contributed by atoms with Gasteiger partial charge in [0.05, 0.1) is 25.0 Å². The van der Waals surface area contributed by atoms with E-state index in [1.165, 1.54) is 0 Å². The zero-order valence-electron chi connectivity index (χ0n) is 16.0. The zero-order valence-corrected chi connectivity index (χ0v) is 16.0. The molecule has 2 aliphatic heterocycles. The summed E-state index contributed by atoms with van der Waals surface area (Å²) in [5.74, 6) is 0.208. The maximum absolute atomic E-state index is 13.0. The Morgan fingerprint density at radius 1 is 1.07 bits per heavy atom. The first-order chi connectivity index (χ1) is 13.7. The lowest BCUT2D eigenvalue weighted by atomic mass is 9.89. The molecule has 6 nitrogen and oxygen atoms in total. The number of piperidine rings is 1. The number of ether oxygens (including phenoxy) is 1. The summed E-state index contributed by atoms with van der Waals surface area (Å²) in [6.07, 6.45) is 2.71. The van der Waals surface area contributed by atoms with E-state index < -0.39 is 6.10 Å². The Balaban J connectivity index is 1.37. The number of aliphatic hydroxyl groups excluding tert-OH is 1. The summed E-state index contributed by atoms with van der Waals surface area (Å²) in [6, 6.07) is 13.5. The van der Waals surface area contributed by atoms with Gasteiger partial charge in [0.2, 0.25) is 0 Å². The highest BCUT2D eigenvalue weighted by Gasteiger charge is 2.29. The van der Waals surface area contributed by atoms with Gasteiger partial charge in [0.1, 0.15) is 0 Å². The topological polar surface area (TPSA) is 65.9 Å². The maximum atomic E-state index is 13.0. The number of hydrogen-bond donors (Lipinski definition) is 1. The number of rotatable bonds is 4. The Bertz CT molecular complexity index is 785. The molecule has 1 unspecified atom stereocenters. The van der Waals surface area contributed by atoms with Gasteiger partial charge in [-0.15, -0.1) is 0 Å². The van der Waals surface area contributed by atoms with Crippen molar-refractivity contribution in [3.8, 4) is 0 Å². The molecule has 1 aromatic heterocycles. The molecule has 2 aliphatic rings. The molecule has 4 rings (SSSR count). The van der Waals surface area contributed by atoms with Crippen LogP contribution < -0.4 is 4.90 Å². The second-order valence-corrected chi connectivity index (χ2v) is 7.48. The summed E-state index contributed by atoms with van der Waals surface area (Å²) in [5, 5.41) is 10.6. The van der Waals surface area contributed by atoms with Crippen molar-refractivity contribution in [2.75, 3.05) is 44.3 Å². The number of aromatic nitrogens is 1. The molecule has 1 aromatic carbocycles. The largest absolute Gasteiger partial charge is 0.387 e. The number of carbonyl (C=O) groups excluding carboxylic acids is 1. The Kier molecular flexibility index (Phi) is 5.88. The smallest absolute Gasteiger partial charge is 0.253 e. The normalized spacial score (nSPS) is 19.5. The van der Waals surface area contributed by atoms with E-state index in [0.29, 0.717) is 18.8 Å². The zero-order chi connectivity index (χ0) is 19.3. The lowest BCUT2D eigenvalue weighted by Crippen LogP contribution is -2.40. The Hall–Kier alpha value is -2.44. The Labute approximate surface area is 165 Å². The SMILES string of the molecule is O=C(c1cccc(N2CCOCC2)c1)N1CCC(C(O)c2ccccn2)CC1. The van der Waals surface area contributed by atoms with Crippen LogP contribution in [0.25, 0.3) is 0 Å². The molecule has 0 radical (unpaired) electrons. The molecule has 1 amide bonds. The van der Waals surface area contributed by atoms with Crippen molar-refractivity contribution in [3.05, 3.63) is 59.9 Å². The second kappa shape index (κ2) is 8.71. The van der Waals surface area contributed by atoms with Crippen LogP contribution >= 0.6 is 0 Å².